The predicted molar refractivity (Wildman–Crippen MR) is 102 cm³/mol. The van der Waals surface area contributed by atoms with Crippen LogP contribution < -0.4 is 10.6 Å². The number of halogens is 1. The SMILES string of the molecule is O=C(O)CNC(=O)C1Cc2c(n(Cc3ccc(F)cc3)c3ccccc23)CN1. The minimum atomic E-state index is -1.07. The molecule has 1 unspecified atom stereocenters. The number of nitrogens with one attached hydrogen (secondary N) is 2. The molecule has 0 saturated heterocycles. The lowest BCUT2D eigenvalue weighted by Crippen LogP contribution is -2.48. The molecule has 0 radical (unpaired) electrons. The molecule has 0 fully saturated rings. The average Bonchev–Trinajstić information content (AvgIpc) is 3.01. The van der Waals surface area contributed by atoms with E-state index in [1.165, 1.54) is 12.1 Å². The van der Waals surface area contributed by atoms with Gasteiger partial charge in [0.2, 0.25) is 5.91 Å². The molecule has 1 aromatic heterocycles. The number of carbonyl (C=O) groups is 2. The highest BCUT2D eigenvalue weighted by molar-refractivity contribution is 5.89. The number of carboxylic acids is 1. The van der Waals surface area contributed by atoms with Crippen molar-refractivity contribution in [3.63, 3.8) is 0 Å². The van der Waals surface area contributed by atoms with E-state index in [0.717, 1.165) is 27.7 Å². The number of amides is 1. The van der Waals surface area contributed by atoms with Gasteiger partial charge in [-0.05, 0) is 35.7 Å². The number of carboxylic acid groups (broad SMARTS) is 1. The summed E-state index contributed by atoms with van der Waals surface area (Å²) in [5.74, 6) is -1.65. The number of rotatable bonds is 5. The molecule has 7 heteroatoms. The van der Waals surface area contributed by atoms with Gasteiger partial charge in [-0.2, -0.15) is 0 Å². The third kappa shape index (κ3) is 3.48. The smallest absolute Gasteiger partial charge is 0.322 e. The Morgan fingerprint density at radius 3 is 2.68 bits per heavy atom. The highest BCUT2D eigenvalue weighted by atomic mass is 19.1. The molecule has 0 bridgehead atoms. The van der Waals surface area contributed by atoms with Crippen LogP contribution in [0.25, 0.3) is 10.9 Å². The first-order valence-electron chi connectivity index (χ1n) is 9.09. The number of hydrogen-bond donors (Lipinski definition) is 3. The summed E-state index contributed by atoms with van der Waals surface area (Å²) in [6.07, 6.45) is 0.484. The molecule has 1 amide bonds. The van der Waals surface area contributed by atoms with Crippen LogP contribution in [0.5, 0.6) is 0 Å². The number of aliphatic carboxylic acids is 1. The standard InChI is InChI=1S/C21H20FN3O3/c22-14-7-5-13(6-8-14)12-25-18-4-2-1-3-15(18)16-9-17(23-10-19(16)25)21(28)24-11-20(26)27/h1-8,17,23H,9-12H2,(H,24,28)(H,26,27). The van der Waals surface area contributed by atoms with Gasteiger partial charge in [-0.25, -0.2) is 4.39 Å². The zero-order valence-corrected chi connectivity index (χ0v) is 15.1. The Morgan fingerprint density at radius 2 is 1.93 bits per heavy atom. The third-order valence-electron chi connectivity index (χ3n) is 5.10. The summed E-state index contributed by atoms with van der Waals surface area (Å²) in [5, 5.41) is 15.5. The Kier molecular flexibility index (Phi) is 4.83. The summed E-state index contributed by atoms with van der Waals surface area (Å²) in [7, 11) is 0. The predicted octanol–water partition coefficient (Wildman–Crippen LogP) is 2.04. The van der Waals surface area contributed by atoms with Gasteiger partial charge in [0.05, 0.1) is 6.04 Å². The summed E-state index contributed by atoms with van der Waals surface area (Å²) >= 11 is 0. The second-order valence-electron chi connectivity index (χ2n) is 6.90. The molecule has 3 N–H and O–H groups in total. The van der Waals surface area contributed by atoms with Crippen molar-refractivity contribution in [2.75, 3.05) is 6.54 Å². The zero-order valence-electron chi connectivity index (χ0n) is 15.1. The number of para-hydroxylation sites is 1. The molecule has 0 aliphatic carbocycles. The van der Waals surface area contributed by atoms with E-state index in [9.17, 15) is 14.0 Å². The van der Waals surface area contributed by atoms with Gasteiger partial charge in [0, 0.05) is 29.7 Å². The second kappa shape index (κ2) is 7.44. The van der Waals surface area contributed by atoms with Gasteiger partial charge in [-0.15, -0.1) is 0 Å². The summed E-state index contributed by atoms with van der Waals surface area (Å²) in [6, 6.07) is 14.0. The largest absolute Gasteiger partial charge is 0.480 e. The van der Waals surface area contributed by atoms with E-state index in [1.54, 1.807) is 12.1 Å². The van der Waals surface area contributed by atoms with Crippen LogP contribution in [0.1, 0.15) is 16.8 Å². The van der Waals surface area contributed by atoms with E-state index >= 15 is 0 Å². The van der Waals surface area contributed by atoms with Crippen LogP contribution >= 0.6 is 0 Å². The summed E-state index contributed by atoms with van der Waals surface area (Å²) < 4.78 is 15.4. The number of aromatic nitrogens is 1. The maximum atomic E-state index is 13.2. The van der Waals surface area contributed by atoms with Crippen molar-refractivity contribution in [2.24, 2.45) is 0 Å². The van der Waals surface area contributed by atoms with Crippen molar-refractivity contribution in [1.82, 2.24) is 15.2 Å². The van der Waals surface area contributed by atoms with Crippen molar-refractivity contribution < 1.29 is 19.1 Å². The van der Waals surface area contributed by atoms with Crippen molar-refractivity contribution in [3.8, 4) is 0 Å². The minimum absolute atomic E-state index is 0.264. The fourth-order valence-electron chi connectivity index (χ4n) is 3.78. The quantitative estimate of drug-likeness (QED) is 0.632. The lowest BCUT2D eigenvalue weighted by molar-refractivity contribution is -0.138. The minimum Gasteiger partial charge on any atom is -0.480 e. The van der Waals surface area contributed by atoms with Gasteiger partial charge in [-0.1, -0.05) is 30.3 Å². The Morgan fingerprint density at radius 1 is 1.18 bits per heavy atom. The first-order chi connectivity index (χ1) is 13.5. The Hall–Kier alpha value is -3.19. The molecule has 6 nitrogen and oxygen atoms in total. The first kappa shape index (κ1) is 18.2. The van der Waals surface area contributed by atoms with Crippen molar-refractivity contribution in [3.05, 3.63) is 71.2 Å². The molecular weight excluding hydrogens is 361 g/mol. The van der Waals surface area contributed by atoms with Crippen LogP contribution in [0.4, 0.5) is 4.39 Å². The highest BCUT2D eigenvalue weighted by Gasteiger charge is 2.29. The van der Waals surface area contributed by atoms with E-state index in [4.69, 9.17) is 5.11 Å². The van der Waals surface area contributed by atoms with Crippen LogP contribution in [-0.2, 0) is 29.1 Å². The lowest BCUT2D eigenvalue weighted by atomic mass is 9.98. The van der Waals surface area contributed by atoms with Gasteiger partial charge in [-0.3, -0.25) is 14.9 Å². The van der Waals surface area contributed by atoms with E-state index in [-0.39, 0.29) is 11.7 Å². The summed E-state index contributed by atoms with van der Waals surface area (Å²) in [6.45, 7) is 0.709. The number of nitrogens with zero attached hydrogens (tertiary/aromatic N) is 1. The molecule has 1 aliphatic rings. The zero-order chi connectivity index (χ0) is 19.7. The van der Waals surface area contributed by atoms with E-state index in [0.29, 0.717) is 19.5 Å². The molecule has 1 aliphatic heterocycles. The van der Waals surface area contributed by atoms with E-state index in [2.05, 4.69) is 15.2 Å². The molecule has 2 heterocycles. The average molecular weight is 381 g/mol. The first-order valence-corrected chi connectivity index (χ1v) is 9.09. The molecule has 3 aromatic rings. The maximum Gasteiger partial charge on any atom is 0.322 e. The number of carbonyl (C=O) groups excluding carboxylic acids is 1. The number of benzene rings is 2. The van der Waals surface area contributed by atoms with Crippen LogP contribution in [0, 0.1) is 5.82 Å². The Bertz CT molecular complexity index is 1040. The van der Waals surface area contributed by atoms with Gasteiger partial charge in [0.25, 0.3) is 0 Å². The fourth-order valence-corrected chi connectivity index (χ4v) is 3.78. The second-order valence-corrected chi connectivity index (χ2v) is 6.90. The monoisotopic (exact) mass is 381 g/mol. The normalized spacial score (nSPS) is 16.0. The fraction of sp³-hybridized carbons (Fsp3) is 0.238. The molecule has 144 valence electrons. The highest BCUT2D eigenvalue weighted by Crippen LogP contribution is 2.30. The number of fused-ring (bicyclic) bond motifs is 3. The molecule has 1 atom stereocenters. The van der Waals surface area contributed by atoms with E-state index in [1.807, 2.05) is 24.3 Å². The van der Waals surface area contributed by atoms with Crippen LogP contribution in [0.2, 0.25) is 0 Å². The van der Waals surface area contributed by atoms with Crippen molar-refractivity contribution in [1.29, 1.82) is 0 Å². The molecule has 4 rings (SSSR count). The van der Waals surface area contributed by atoms with Crippen molar-refractivity contribution >= 4 is 22.8 Å². The molecule has 2 aromatic carbocycles. The summed E-state index contributed by atoms with van der Waals surface area (Å²) in [5.41, 5.74) is 4.23. The van der Waals surface area contributed by atoms with Crippen LogP contribution in [-0.4, -0.2) is 34.1 Å². The lowest BCUT2D eigenvalue weighted by Gasteiger charge is -2.25. The Balaban J connectivity index is 1.66. The van der Waals surface area contributed by atoms with Gasteiger partial charge in [0.1, 0.15) is 12.4 Å². The Labute approximate surface area is 161 Å². The topological polar surface area (TPSA) is 83.4 Å². The molecule has 0 spiro atoms. The van der Waals surface area contributed by atoms with Gasteiger partial charge >= 0.3 is 5.97 Å². The van der Waals surface area contributed by atoms with Gasteiger partial charge in [0.15, 0.2) is 0 Å². The number of hydrogen-bond acceptors (Lipinski definition) is 3. The van der Waals surface area contributed by atoms with Crippen LogP contribution in [0.15, 0.2) is 48.5 Å². The molecule has 0 saturated carbocycles. The third-order valence-corrected chi connectivity index (χ3v) is 5.10. The summed E-state index contributed by atoms with van der Waals surface area (Å²) in [4.78, 5) is 23.0. The van der Waals surface area contributed by atoms with E-state index < -0.39 is 18.6 Å². The van der Waals surface area contributed by atoms with Crippen LogP contribution in [0.3, 0.4) is 0 Å². The maximum absolute atomic E-state index is 13.2. The van der Waals surface area contributed by atoms with Crippen molar-refractivity contribution in [2.45, 2.75) is 25.6 Å². The molecule has 28 heavy (non-hydrogen) atoms. The van der Waals surface area contributed by atoms with Gasteiger partial charge < -0.3 is 15.0 Å². The molecular formula is C21H20FN3O3.